The summed E-state index contributed by atoms with van der Waals surface area (Å²) in [6.45, 7) is 6.00. The van der Waals surface area contributed by atoms with Crippen LogP contribution in [0.1, 0.15) is 46.9 Å². The van der Waals surface area contributed by atoms with Gasteiger partial charge in [0.15, 0.2) is 0 Å². The third kappa shape index (κ3) is 7.43. The summed E-state index contributed by atoms with van der Waals surface area (Å²) in [5.74, 6) is -1.07. The molecule has 0 saturated carbocycles. The van der Waals surface area contributed by atoms with Crippen LogP contribution in [0.5, 0.6) is 11.5 Å². The number of rotatable bonds is 11. The molecule has 0 heterocycles. The van der Waals surface area contributed by atoms with Crippen LogP contribution in [0, 0.1) is 0 Å². The van der Waals surface area contributed by atoms with Crippen LogP contribution in [-0.2, 0) is 9.53 Å². The summed E-state index contributed by atoms with van der Waals surface area (Å²) in [5.41, 5.74) is 0.856. The summed E-state index contributed by atoms with van der Waals surface area (Å²) in [6, 6.07) is 12.1. The van der Waals surface area contributed by atoms with Crippen LogP contribution in [0.3, 0.4) is 0 Å². The average molecular weight is 412 g/mol. The highest BCUT2D eigenvalue weighted by Gasteiger charge is 2.10. The first-order valence-electron chi connectivity index (χ1n) is 9.48. The molecule has 0 radical (unpaired) electrons. The number of carbonyl (C=O) groups excluding carboxylic acids is 2. The van der Waals surface area contributed by atoms with Crippen LogP contribution >= 0.6 is 0 Å². The molecule has 0 amide bonds. The van der Waals surface area contributed by atoms with Crippen LogP contribution in [0.15, 0.2) is 60.7 Å². The molecule has 2 aromatic carbocycles. The maximum absolute atomic E-state index is 12.2. The Hall–Kier alpha value is -3.61. The van der Waals surface area contributed by atoms with E-state index >= 15 is 0 Å². The van der Waals surface area contributed by atoms with Crippen molar-refractivity contribution < 1.29 is 33.7 Å². The number of carboxylic acids is 1. The van der Waals surface area contributed by atoms with Crippen LogP contribution in [0.2, 0.25) is 0 Å². The van der Waals surface area contributed by atoms with E-state index in [9.17, 15) is 14.4 Å². The first-order chi connectivity index (χ1) is 14.4. The summed E-state index contributed by atoms with van der Waals surface area (Å²) in [4.78, 5) is 34.2. The van der Waals surface area contributed by atoms with Crippen molar-refractivity contribution in [3.8, 4) is 11.5 Å². The second kappa shape index (κ2) is 11.4. The van der Waals surface area contributed by atoms with E-state index in [0.717, 1.165) is 19.3 Å². The van der Waals surface area contributed by atoms with Gasteiger partial charge in [0.05, 0.1) is 24.3 Å². The number of esters is 2. The molecule has 2 rings (SSSR count). The number of unbranched alkanes of at least 4 members (excludes halogenated alkanes) is 2. The lowest BCUT2D eigenvalue weighted by Crippen LogP contribution is -2.09. The third-order valence-corrected chi connectivity index (χ3v) is 4.04. The van der Waals surface area contributed by atoms with Gasteiger partial charge in [-0.25, -0.2) is 14.4 Å². The molecule has 0 fully saturated rings. The first-order valence-corrected chi connectivity index (χ1v) is 9.48. The standard InChI is InChI=1S/C23H24O7/c1-16(2)22(26)29-15-5-3-4-14-28-19-10-8-18(9-11-19)23(27)30-20-12-6-17(7-13-20)21(24)25/h6-13H,1,3-5,14-15H2,2H3,(H,24,25). The zero-order valence-electron chi connectivity index (χ0n) is 16.8. The highest BCUT2D eigenvalue weighted by molar-refractivity contribution is 5.91. The second-order valence-electron chi connectivity index (χ2n) is 6.57. The maximum atomic E-state index is 12.2. The van der Waals surface area contributed by atoms with Crippen molar-refractivity contribution in [1.82, 2.24) is 0 Å². The van der Waals surface area contributed by atoms with Crippen molar-refractivity contribution in [2.75, 3.05) is 13.2 Å². The Morgan fingerprint density at radius 1 is 0.833 bits per heavy atom. The second-order valence-corrected chi connectivity index (χ2v) is 6.57. The zero-order valence-corrected chi connectivity index (χ0v) is 16.8. The minimum atomic E-state index is -1.05. The molecule has 30 heavy (non-hydrogen) atoms. The van der Waals surface area contributed by atoms with Gasteiger partial charge in [-0.05, 0) is 74.7 Å². The van der Waals surface area contributed by atoms with Gasteiger partial charge in [0.1, 0.15) is 11.5 Å². The number of hydrogen-bond acceptors (Lipinski definition) is 6. The van der Waals surface area contributed by atoms with Crippen LogP contribution < -0.4 is 9.47 Å². The number of aromatic carboxylic acids is 1. The van der Waals surface area contributed by atoms with Crippen LogP contribution in [-0.4, -0.2) is 36.2 Å². The topological polar surface area (TPSA) is 99.1 Å². The Morgan fingerprint density at radius 2 is 1.40 bits per heavy atom. The van der Waals surface area contributed by atoms with Gasteiger partial charge in [0.2, 0.25) is 0 Å². The molecule has 0 spiro atoms. The number of hydrogen-bond donors (Lipinski definition) is 1. The number of carboxylic acid groups (broad SMARTS) is 1. The summed E-state index contributed by atoms with van der Waals surface area (Å²) in [5, 5.41) is 8.87. The van der Waals surface area contributed by atoms with Crippen molar-refractivity contribution in [2.45, 2.75) is 26.2 Å². The molecule has 0 aliphatic carbocycles. The third-order valence-electron chi connectivity index (χ3n) is 4.04. The Labute approximate surface area is 174 Å². The highest BCUT2D eigenvalue weighted by Crippen LogP contribution is 2.17. The van der Waals surface area contributed by atoms with Gasteiger partial charge in [-0.1, -0.05) is 6.58 Å². The van der Waals surface area contributed by atoms with E-state index in [1.165, 1.54) is 24.3 Å². The number of carbonyl (C=O) groups is 3. The molecular formula is C23H24O7. The summed E-state index contributed by atoms with van der Waals surface area (Å²) in [7, 11) is 0. The van der Waals surface area contributed by atoms with Gasteiger partial charge in [-0.15, -0.1) is 0 Å². The molecule has 7 heteroatoms. The normalized spacial score (nSPS) is 10.2. The van der Waals surface area contributed by atoms with Crippen molar-refractivity contribution >= 4 is 17.9 Å². The molecule has 0 aromatic heterocycles. The largest absolute Gasteiger partial charge is 0.494 e. The average Bonchev–Trinajstić information content (AvgIpc) is 2.73. The summed E-state index contributed by atoms with van der Waals surface area (Å²) < 4.78 is 15.9. The van der Waals surface area contributed by atoms with E-state index < -0.39 is 11.9 Å². The highest BCUT2D eigenvalue weighted by atomic mass is 16.5. The predicted molar refractivity (Wildman–Crippen MR) is 110 cm³/mol. The Kier molecular flexibility index (Phi) is 8.62. The Bertz CT molecular complexity index is 883. The molecule has 0 saturated heterocycles. The maximum Gasteiger partial charge on any atom is 0.343 e. The predicted octanol–water partition coefficient (Wildman–Crippen LogP) is 4.27. The molecule has 1 N–H and O–H groups in total. The van der Waals surface area contributed by atoms with Crippen molar-refractivity contribution in [3.63, 3.8) is 0 Å². The molecule has 7 nitrogen and oxygen atoms in total. The van der Waals surface area contributed by atoms with Crippen molar-refractivity contribution in [3.05, 3.63) is 71.8 Å². The van der Waals surface area contributed by atoms with E-state index in [1.807, 2.05) is 0 Å². The van der Waals surface area contributed by atoms with Gasteiger partial charge >= 0.3 is 17.9 Å². The molecular weight excluding hydrogens is 388 g/mol. The first kappa shape index (κ1) is 22.7. The van der Waals surface area contributed by atoms with Gasteiger partial charge in [0, 0.05) is 5.57 Å². The van der Waals surface area contributed by atoms with E-state index in [4.69, 9.17) is 19.3 Å². The molecule has 158 valence electrons. The lowest BCUT2D eigenvalue weighted by molar-refractivity contribution is -0.139. The van der Waals surface area contributed by atoms with E-state index in [1.54, 1.807) is 31.2 Å². The fourth-order valence-corrected chi connectivity index (χ4v) is 2.38. The zero-order chi connectivity index (χ0) is 21.9. The van der Waals surface area contributed by atoms with Gasteiger partial charge < -0.3 is 19.3 Å². The number of benzene rings is 2. The van der Waals surface area contributed by atoms with Crippen LogP contribution in [0.4, 0.5) is 0 Å². The molecule has 2 aromatic rings. The molecule has 0 bridgehead atoms. The summed E-state index contributed by atoms with van der Waals surface area (Å²) in [6.07, 6.45) is 2.41. The van der Waals surface area contributed by atoms with E-state index in [-0.39, 0.29) is 17.3 Å². The van der Waals surface area contributed by atoms with Gasteiger partial charge in [-0.3, -0.25) is 0 Å². The molecule has 0 atom stereocenters. The minimum absolute atomic E-state index is 0.115. The smallest absolute Gasteiger partial charge is 0.343 e. The monoisotopic (exact) mass is 412 g/mol. The SMILES string of the molecule is C=C(C)C(=O)OCCCCCOc1ccc(C(=O)Oc2ccc(C(=O)O)cc2)cc1. The lowest BCUT2D eigenvalue weighted by Gasteiger charge is -2.08. The molecule has 0 unspecified atom stereocenters. The molecule has 0 aliphatic rings. The number of ether oxygens (including phenoxy) is 3. The Balaban J connectivity index is 1.70. The van der Waals surface area contributed by atoms with Crippen molar-refractivity contribution in [1.29, 1.82) is 0 Å². The fraction of sp³-hybridized carbons (Fsp3) is 0.261. The van der Waals surface area contributed by atoms with Crippen LogP contribution in [0.25, 0.3) is 0 Å². The van der Waals surface area contributed by atoms with Gasteiger partial charge in [-0.2, -0.15) is 0 Å². The quantitative estimate of drug-likeness (QED) is 0.255. The summed E-state index contributed by atoms with van der Waals surface area (Å²) >= 11 is 0. The minimum Gasteiger partial charge on any atom is -0.494 e. The molecule has 0 aliphatic heterocycles. The van der Waals surface area contributed by atoms with Gasteiger partial charge in [0.25, 0.3) is 0 Å². The Morgan fingerprint density at radius 3 is 2.00 bits per heavy atom. The van der Waals surface area contributed by atoms with Crippen molar-refractivity contribution in [2.24, 2.45) is 0 Å². The van der Waals surface area contributed by atoms with E-state index in [0.29, 0.717) is 30.1 Å². The van der Waals surface area contributed by atoms with E-state index in [2.05, 4.69) is 6.58 Å². The fourth-order valence-electron chi connectivity index (χ4n) is 2.38. The lowest BCUT2D eigenvalue weighted by atomic mass is 10.2.